The number of carbonyl (C=O) groups excluding carboxylic acids is 2. The molecule has 2 unspecified atom stereocenters. The van der Waals surface area contributed by atoms with E-state index in [4.69, 9.17) is 5.11 Å². The molecule has 1 aromatic rings. The van der Waals surface area contributed by atoms with Gasteiger partial charge in [-0.1, -0.05) is 12.2 Å². The van der Waals surface area contributed by atoms with Gasteiger partial charge in [0.15, 0.2) is 0 Å². The van der Waals surface area contributed by atoms with Gasteiger partial charge in [0.2, 0.25) is 11.8 Å². The maximum Gasteiger partial charge on any atom is 0.335 e. The van der Waals surface area contributed by atoms with Gasteiger partial charge >= 0.3 is 5.97 Å². The molecule has 2 heterocycles. The number of carboxylic acids is 1. The normalized spacial score (nSPS) is 24.3. The number of hydrogen-bond donors (Lipinski definition) is 1. The molecule has 1 saturated heterocycles. The van der Waals surface area contributed by atoms with Gasteiger partial charge in [-0.2, -0.15) is 0 Å². The molecule has 1 aliphatic carbocycles. The third-order valence-corrected chi connectivity index (χ3v) is 3.98. The molecule has 0 bridgehead atoms. The van der Waals surface area contributed by atoms with E-state index in [0.717, 1.165) is 0 Å². The van der Waals surface area contributed by atoms with Gasteiger partial charge in [0.05, 0.1) is 29.6 Å². The van der Waals surface area contributed by atoms with Crippen LogP contribution in [0.15, 0.2) is 30.5 Å². The molecule has 0 aromatic carbocycles. The zero-order chi connectivity index (χ0) is 15.0. The Kier molecular flexibility index (Phi) is 3.29. The van der Waals surface area contributed by atoms with Crippen molar-refractivity contribution < 1.29 is 19.5 Å². The van der Waals surface area contributed by atoms with Gasteiger partial charge < -0.3 is 5.11 Å². The highest BCUT2D eigenvalue weighted by molar-refractivity contribution is 6.05. The number of imide groups is 1. The summed E-state index contributed by atoms with van der Waals surface area (Å²) in [5, 5.41) is 8.96. The van der Waals surface area contributed by atoms with Gasteiger partial charge in [0, 0.05) is 6.20 Å². The standard InChI is InChI=1S/C15H14N2O4/c18-13-11-3-1-2-4-12(11)14(19)17(13)8-10-7-9(15(20)21)5-6-16-10/h1-2,5-7,11-12H,3-4,8H2,(H,20,21). The van der Waals surface area contributed by atoms with Gasteiger partial charge in [-0.3, -0.25) is 19.5 Å². The van der Waals surface area contributed by atoms with Crippen molar-refractivity contribution in [2.75, 3.05) is 0 Å². The van der Waals surface area contributed by atoms with Crippen LogP contribution < -0.4 is 0 Å². The Morgan fingerprint density at radius 1 is 1.24 bits per heavy atom. The first-order chi connectivity index (χ1) is 10.1. The highest BCUT2D eigenvalue weighted by Gasteiger charge is 2.47. The molecule has 1 fully saturated rings. The second-order valence-corrected chi connectivity index (χ2v) is 5.26. The highest BCUT2D eigenvalue weighted by atomic mass is 16.4. The minimum Gasteiger partial charge on any atom is -0.478 e. The summed E-state index contributed by atoms with van der Waals surface area (Å²) in [6, 6.07) is 2.77. The van der Waals surface area contributed by atoms with Crippen LogP contribution in [-0.4, -0.2) is 32.8 Å². The Hall–Kier alpha value is -2.50. The van der Waals surface area contributed by atoms with Crippen LogP contribution in [0.25, 0.3) is 0 Å². The molecule has 6 heteroatoms. The van der Waals surface area contributed by atoms with Gasteiger partial charge in [0.1, 0.15) is 0 Å². The van der Waals surface area contributed by atoms with E-state index < -0.39 is 5.97 Å². The summed E-state index contributed by atoms with van der Waals surface area (Å²) < 4.78 is 0. The Labute approximate surface area is 121 Å². The first-order valence-electron chi connectivity index (χ1n) is 6.76. The highest BCUT2D eigenvalue weighted by Crippen LogP contribution is 2.35. The SMILES string of the molecule is O=C(O)c1ccnc(CN2C(=O)C3CC=CCC3C2=O)c1. The Morgan fingerprint density at radius 2 is 1.86 bits per heavy atom. The fraction of sp³-hybridized carbons (Fsp3) is 0.333. The molecule has 6 nitrogen and oxygen atoms in total. The maximum atomic E-state index is 12.3. The molecule has 0 saturated carbocycles. The third-order valence-electron chi connectivity index (χ3n) is 3.98. The zero-order valence-corrected chi connectivity index (χ0v) is 11.2. The molecule has 108 valence electrons. The van der Waals surface area contributed by atoms with E-state index in [1.54, 1.807) is 0 Å². The minimum atomic E-state index is -1.06. The Balaban J connectivity index is 1.82. The summed E-state index contributed by atoms with van der Waals surface area (Å²) in [5.74, 6) is -1.97. The van der Waals surface area contributed by atoms with Crippen LogP contribution >= 0.6 is 0 Å². The smallest absolute Gasteiger partial charge is 0.335 e. The topological polar surface area (TPSA) is 87.6 Å². The summed E-state index contributed by atoms with van der Waals surface area (Å²) in [5.41, 5.74) is 0.501. The van der Waals surface area contributed by atoms with Crippen molar-refractivity contribution in [3.63, 3.8) is 0 Å². The van der Waals surface area contributed by atoms with Crippen LogP contribution in [-0.2, 0) is 16.1 Å². The lowest BCUT2D eigenvalue weighted by atomic mass is 9.85. The Bertz CT molecular complexity index is 627. The number of likely N-dealkylation sites (tertiary alicyclic amines) is 1. The minimum absolute atomic E-state index is 0.0335. The molecule has 3 rings (SSSR count). The first-order valence-corrected chi connectivity index (χ1v) is 6.76. The largest absolute Gasteiger partial charge is 0.478 e. The monoisotopic (exact) mass is 286 g/mol. The molecule has 0 radical (unpaired) electrons. The van der Waals surface area contributed by atoms with E-state index in [1.807, 2.05) is 12.2 Å². The van der Waals surface area contributed by atoms with Gasteiger partial charge in [-0.15, -0.1) is 0 Å². The van der Waals surface area contributed by atoms with Crippen LogP contribution in [0.2, 0.25) is 0 Å². The average molecular weight is 286 g/mol. The number of aromatic nitrogens is 1. The van der Waals surface area contributed by atoms with Crippen molar-refractivity contribution in [3.8, 4) is 0 Å². The lowest BCUT2D eigenvalue weighted by Gasteiger charge is -2.14. The molecule has 2 atom stereocenters. The predicted octanol–water partition coefficient (Wildman–Crippen LogP) is 1.23. The van der Waals surface area contributed by atoms with E-state index in [1.165, 1.54) is 23.2 Å². The number of hydrogen-bond acceptors (Lipinski definition) is 4. The molecule has 1 aromatic heterocycles. The van der Waals surface area contributed by atoms with Crippen molar-refractivity contribution in [2.24, 2.45) is 11.8 Å². The molecule has 0 spiro atoms. The lowest BCUT2D eigenvalue weighted by molar-refractivity contribution is -0.140. The van der Waals surface area contributed by atoms with Crippen molar-refractivity contribution in [3.05, 3.63) is 41.7 Å². The van der Waals surface area contributed by atoms with Crippen molar-refractivity contribution in [2.45, 2.75) is 19.4 Å². The van der Waals surface area contributed by atoms with E-state index in [-0.39, 0.29) is 35.8 Å². The van der Waals surface area contributed by atoms with Crippen LogP contribution in [0.5, 0.6) is 0 Å². The summed E-state index contributed by atoms with van der Waals surface area (Å²) in [6.45, 7) is 0.0335. The van der Waals surface area contributed by atoms with E-state index in [9.17, 15) is 14.4 Å². The molecule has 21 heavy (non-hydrogen) atoms. The molecular weight excluding hydrogens is 272 g/mol. The molecule has 2 amide bonds. The number of amides is 2. The first kappa shape index (κ1) is 13.5. The van der Waals surface area contributed by atoms with Crippen LogP contribution in [0.4, 0.5) is 0 Å². The third kappa shape index (κ3) is 2.33. The van der Waals surface area contributed by atoms with Crippen LogP contribution in [0, 0.1) is 11.8 Å². The lowest BCUT2D eigenvalue weighted by Crippen LogP contribution is -2.31. The summed E-state index contributed by atoms with van der Waals surface area (Å²) in [7, 11) is 0. The predicted molar refractivity (Wildman–Crippen MR) is 72.1 cm³/mol. The van der Waals surface area contributed by atoms with E-state index >= 15 is 0 Å². The number of fused-ring (bicyclic) bond motifs is 1. The maximum absolute atomic E-state index is 12.3. The number of pyridine rings is 1. The second-order valence-electron chi connectivity index (χ2n) is 5.26. The fourth-order valence-corrected chi connectivity index (χ4v) is 2.88. The summed E-state index contributed by atoms with van der Waals surface area (Å²) in [6.07, 6.45) is 6.42. The summed E-state index contributed by atoms with van der Waals surface area (Å²) in [4.78, 5) is 40.8. The average Bonchev–Trinajstić information content (AvgIpc) is 2.73. The van der Waals surface area contributed by atoms with Crippen molar-refractivity contribution in [1.29, 1.82) is 0 Å². The molecule has 1 aliphatic heterocycles. The molecule has 1 N–H and O–H groups in total. The summed E-state index contributed by atoms with van der Waals surface area (Å²) >= 11 is 0. The van der Waals surface area contributed by atoms with Gasteiger partial charge in [0.25, 0.3) is 0 Å². The number of rotatable bonds is 3. The quantitative estimate of drug-likeness (QED) is 0.667. The number of allylic oxidation sites excluding steroid dienone is 2. The fourth-order valence-electron chi connectivity index (χ4n) is 2.88. The van der Waals surface area contributed by atoms with E-state index in [0.29, 0.717) is 18.5 Å². The number of carboxylic acid groups (broad SMARTS) is 1. The van der Waals surface area contributed by atoms with Crippen LogP contribution in [0.3, 0.4) is 0 Å². The number of nitrogens with zero attached hydrogens (tertiary/aromatic N) is 2. The van der Waals surface area contributed by atoms with Gasteiger partial charge in [-0.25, -0.2) is 4.79 Å². The molecule has 2 aliphatic rings. The zero-order valence-electron chi connectivity index (χ0n) is 11.2. The van der Waals surface area contributed by atoms with Crippen molar-refractivity contribution >= 4 is 17.8 Å². The van der Waals surface area contributed by atoms with E-state index in [2.05, 4.69) is 4.98 Å². The van der Waals surface area contributed by atoms with Crippen LogP contribution in [0.1, 0.15) is 28.9 Å². The number of carbonyl (C=O) groups is 3. The molecular formula is C15H14N2O4. The van der Waals surface area contributed by atoms with Gasteiger partial charge in [-0.05, 0) is 25.0 Å². The number of aromatic carboxylic acids is 1. The Morgan fingerprint density at radius 3 is 2.43 bits per heavy atom. The second kappa shape index (κ2) is 5.12. The van der Waals surface area contributed by atoms with Crippen molar-refractivity contribution in [1.82, 2.24) is 9.88 Å².